The van der Waals surface area contributed by atoms with Gasteiger partial charge in [0.05, 0.1) is 11.1 Å². The Labute approximate surface area is 107 Å². The second kappa shape index (κ2) is 6.56. The summed E-state index contributed by atoms with van der Waals surface area (Å²) in [6.45, 7) is 0.00992. The molecule has 0 aliphatic heterocycles. The van der Waals surface area contributed by atoms with E-state index in [1.54, 1.807) is 7.05 Å². The third kappa shape index (κ3) is 4.32. The van der Waals surface area contributed by atoms with Gasteiger partial charge in [0.1, 0.15) is 11.6 Å². The minimum Gasteiger partial charge on any atom is -0.483 e. The van der Waals surface area contributed by atoms with Gasteiger partial charge in [-0.25, -0.2) is 4.39 Å². The van der Waals surface area contributed by atoms with Gasteiger partial charge in [-0.1, -0.05) is 0 Å². The number of nitrogens with zero attached hydrogens (tertiary/aromatic N) is 1. The van der Waals surface area contributed by atoms with Crippen molar-refractivity contribution in [1.29, 1.82) is 0 Å². The van der Waals surface area contributed by atoms with Gasteiger partial charge in [0, 0.05) is 13.6 Å². The summed E-state index contributed by atoms with van der Waals surface area (Å²) in [5.74, 6) is -0.236. The van der Waals surface area contributed by atoms with Crippen molar-refractivity contribution in [2.24, 2.45) is 0 Å². The lowest BCUT2D eigenvalue weighted by Gasteiger charge is -2.16. The number of amides is 1. The van der Waals surface area contributed by atoms with Crippen LogP contribution in [-0.4, -0.2) is 42.7 Å². The summed E-state index contributed by atoms with van der Waals surface area (Å²) >= 11 is 3.14. The van der Waals surface area contributed by atoms with Crippen LogP contribution in [0.3, 0.4) is 0 Å². The van der Waals surface area contributed by atoms with Crippen molar-refractivity contribution < 1.29 is 19.0 Å². The lowest BCUT2D eigenvalue weighted by atomic mass is 10.3. The summed E-state index contributed by atoms with van der Waals surface area (Å²) in [4.78, 5) is 12.8. The fraction of sp³-hybridized carbons (Fsp3) is 0.364. The first-order chi connectivity index (χ1) is 8.04. The van der Waals surface area contributed by atoms with Crippen LogP contribution < -0.4 is 4.74 Å². The molecule has 0 heterocycles. The fourth-order valence-corrected chi connectivity index (χ4v) is 1.58. The predicted molar refractivity (Wildman–Crippen MR) is 64.3 cm³/mol. The van der Waals surface area contributed by atoms with Crippen molar-refractivity contribution in [3.63, 3.8) is 0 Å². The second-order valence-corrected chi connectivity index (χ2v) is 4.26. The van der Waals surface area contributed by atoms with Crippen LogP contribution in [-0.2, 0) is 4.79 Å². The van der Waals surface area contributed by atoms with E-state index in [1.165, 1.54) is 23.1 Å². The molecule has 1 aromatic rings. The summed E-state index contributed by atoms with van der Waals surface area (Å²) < 4.78 is 18.5. The zero-order chi connectivity index (χ0) is 12.8. The Hall–Kier alpha value is -1.14. The summed E-state index contributed by atoms with van der Waals surface area (Å²) in [6, 6.07) is 3.96. The SMILES string of the molecule is CN(CCO)C(=O)COc1ccc(F)cc1Br. The Balaban J connectivity index is 2.53. The molecule has 1 N–H and O–H groups in total. The van der Waals surface area contributed by atoms with E-state index in [2.05, 4.69) is 15.9 Å². The standard InChI is InChI=1S/C11H13BrFNO3/c1-14(4-5-15)11(16)7-17-10-3-2-8(13)6-9(10)12/h2-3,6,15H,4-5,7H2,1H3. The van der Waals surface area contributed by atoms with Crippen LogP contribution >= 0.6 is 15.9 Å². The normalized spacial score (nSPS) is 10.1. The lowest BCUT2D eigenvalue weighted by molar-refractivity contribution is -0.132. The quantitative estimate of drug-likeness (QED) is 0.895. The number of carbonyl (C=O) groups is 1. The molecule has 1 amide bonds. The average molecular weight is 306 g/mol. The number of aliphatic hydroxyl groups is 1. The molecule has 1 rings (SSSR count). The number of rotatable bonds is 5. The minimum absolute atomic E-state index is 0.0948. The highest BCUT2D eigenvalue weighted by atomic mass is 79.9. The zero-order valence-corrected chi connectivity index (χ0v) is 10.9. The molecule has 94 valence electrons. The van der Waals surface area contributed by atoms with Gasteiger partial charge in [-0.15, -0.1) is 0 Å². The molecule has 0 spiro atoms. The van der Waals surface area contributed by atoms with Crippen LogP contribution in [0.4, 0.5) is 4.39 Å². The average Bonchev–Trinajstić information content (AvgIpc) is 2.27. The summed E-state index contributed by atoms with van der Waals surface area (Å²) in [6.07, 6.45) is 0. The lowest BCUT2D eigenvalue weighted by Crippen LogP contribution is -2.33. The predicted octanol–water partition coefficient (Wildman–Crippen LogP) is 1.42. The molecule has 0 atom stereocenters. The largest absolute Gasteiger partial charge is 0.483 e. The Morgan fingerprint density at radius 2 is 2.29 bits per heavy atom. The van der Waals surface area contributed by atoms with E-state index >= 15 is 0 Å². The number of carbonyl (C=O) groups excluding carboxylic acids is 1. The molecule has 0 fully saturated rings. The fourth-order valence-electron chi connectivity index (χ4n) is 1.12. The maximum absolute atomic E-state index is 12.8. The van der Waals surface area contributed by atoms with Crippen molar-refractivity contribution in [1.82, 2.24) is 4.90 Å². The number of hydrogen-bond acceptors (Lipinski definition) is 3. The first kappa shape index (κ1) is 13.9. The van der Waals surface area contributed by atoms with E-state index in [0.29, 0.717) is 10.2 Å². The minimum atomic E-state index is -0.382. The summed E-state index contributed by atoms with van der Waals surface area (Å²) in [5.41, 5.74) is 0. The first-order valence-corrected chi connectivity index (χ1v) is 5.76. The Kier molecular flexibility index (Phi) is 5.37. The number of likely N-dealkylation sites (N-methyl/N-ethyl adjacent to an activating group) is 1. The zero-order valence-electron chi connectivity index (χ0n) is 9.32. The number of halogens is 2. The molecule has 0 saturated carbocycles. The van der Waals surface area contributed by atoms with Crippen LogP contribution in [0.2, 0.25) is 0 Å². The van der Waals surface area contributed by atoms with Gasteiger partial charge in [-0.3, -0.25) is 4.79 Å². The monoisotopic (exact) mass is 305 g/mol. The van der Waals surface area contributed by atoms with Gasteiger partial charge in [0.25, 0.3) is 5.91 Å². The van der Waals surface area contributed by atoms with Gasteiger partial charge < -0.3 is 14.7 Å². The van der Waals surface area contributed by atoms with Gasteiger partial charge in [0.2, 0.25) is 0 Å². The summed E-state index contributed by atoms with van der Waals surface area (Å²) in [5, 5.41) is 8.66. The van der Waals surface area contributed by atoms with Crippen molar-refractivity contribution in [3.05, 3.63) is 28.5 Å². The molecule has 0 bridgehead atoms. The van der Waals surface area contributed by atoms with Crippen molar-refractivity contribution in [2.75, 3.05) is 26.8 Å². The van der Waals surface area contributed by atoms with Crippen molar-refractivity contribution in [3.8, 4) is 5.75 Å². The summed E-state index contributed by atoms with van der Waals surface area (Å²) in [7, 11) is 1.57. The molecule has 4 nitrogen and oxygen atoms in total. The van der Waals surface area contributed by atoms with Crippen molar-refractivity contribution in [2.45, 2.75) is 0 Å². The van der Waals surface area contributed by atoms with Crippen LogP contribution in [0.5, 0.6) is 5.75 Å². The molecule has 0 aliphatic carbocycles. The number of aliphatic hydroxyl groups excluding tert-OH is 1. The van der Waals surface area contributed by atoms with Crippen LogP contribution in [0, 0.1) is 5.82 Å². The molecule has 1 aromatic carbocycles. The van der Waals surface area contributed by atoms with Gasteiger partial charge in [-0.05, 0) is 34.1 Å². The smallest absolute Gasteiger partial charge is 0.260 e. The molecule has 0 aromatic heterocycles. The van der Waals surface area contributed by atoms with E-state index in [4.69, 9.17) is 9.84 Å². The number of ether oxygens (including phenoxy) is 1. The first-order valence-electron chi connectivity index (χ1n) is 4.97. The van der Waals surface area contributed by atoms with Gasteiger partial charge >= 0.3 is 0 Å². The molecule has 0 unspecified atom stereocenters. The van der Waals surface area contributed by atoms with E-state index in [1.807, 2.05) is 0 Å². The van der Waals surface area contributed by atoms with E-state index in [-0.39, 0.29) is 31.5 Å². The van der Waals surface area contributed by atoms with E-state index in [9.17, 15) is 9.18 Å². The van der Waals surface area contributed by atoms with Crippen LogP contribution in [0.25, 0.3) is 0 Å². The molecule has 17 heavy (non-hydrogen) atoms. The van der Waals surface area contributed by atoms with E-state index in [0.717, 1.165) is 0 Å². The molecule has 0 saturated heterocycles. The second-order valence-electron chi connectivity index (χ2n) is 3.40. The van der Waals surface area contributed by atoms with Crippen LogP contribution in [0.1, 0.15) is 0 Å². The van der Waals surface area contributed by atoms with Gasteiger partial charge in [0.15, 0.2) is 6.61 Å². The Morgan fingerprint density at radius 1 is 1.59 bits per heavy atom. The van der Waals surface area contributed by atoms with Crippen LogP contribution in [0.15, 0.2) is 22.7 Å². The highest BCUT2D eigenvalue weighted by molar-refractivity contribution is 9.10. The van der Waals surface area contributed by atoms with Crippen molar-refractivity contribution >= 4 is 21.8 Å². The highest BCUT2D eigenvalue weighted by Crippen LogP contribution is 2.25. The Morgan fingerprint density at radius 3 is 2.88 bits per heavy atom. The molecule has 0 aliphatic rings. The Bertz CT molecular complexity index is 400. The third-order valence-electron chi connectivity index (χ3n) is 2.11. The maximum atomic E-state index is 12.8. The molecular formula is C11H13BrFNO3. The number of hydrogen-bond donors (Lipinski definition) is 1. The highest BCUT2D eigenvalue weighted by Gasteiger charge is 2.10. The topological polar surface area (TPSA) is 49.8 Å². The maximum Gasteiger partial charge on any atom is 0.260 e. The van der Waals surface area contributed by atoms with Gasteiger partial charge in [-0.2, -0.15) is 0 Å². The molecular weight excluding hydrogens is 293 g/mol. The number of benzene rings is 1. The third-order valence-corrected chi connectivity index (χ3v) is 2.73. The van der Waals surface area contributed by atoms with E-state index < -0.39 is 0 Å². The molecule has 6 heteroatoms. The molecule has 0 radical (unpaired) electrons.